The molecule has 0 bridgehead atoms. The van der Waals surface area contributed by atoms with Crippen molar-refractivity contribution >= 4 is 6.03 Å². The van der Waals surface area contributed by atoms with Gasteiger partial charge in [-0.2, -0.15) is 0 Å². The van der Waals surface area contributed by atoms with Gasteiger partial charge in [-0.25, -0.2) is 4.79 Å². The number of rotatable bonds is 4. The van der Waals surface area contributed by atoms with Crippen LogP contribution in [0, 0.1) is 5.92 Å². The summed E-state index contributed by atoms with van der Waals surface area (Å²) in [4.78, 5) is 11.9. The molecule has 0 heterocycles. The van der Waals surface area contributed by atoms with Gasteiger partial charge in [-0.15, -0.1) is 0 Å². The summed E-state index contributed by atoms with van der Waals surface area (Å²) in [5.41, 5.74) is 5.43. The SMILES string of the molecule is CC(C)C(C)(CN)NC(=O)NC1CCCCC1. The first-order chi connectivity index (χ1) is 7.98. The lowest BCUT2D eigenvalue weighted by Gasteiger charge is -2.34. The van der Waals surface area contributed by atoms with Crippen LogP contribution in [0.3, 0.4) is 0 Å². The summed E-state index contributed by atoms with van der Waals surface area (Å²) in [5, 5.41) is 6.07. The van der Waals surface area contributed by atoms with E-state index in [0.29, 0.717) is 18.5 Å². The Hall–Kier alpha value is -0.770. The van der Waals surface area contributed by atoms with Gasteiger partial charge in [-0.3, -0.25) is 0 Å². The van der Waals surface area contributed by atoms with E-state index in [4.69, 9.17) is 5.73 Å². The summed E-state index contributed by atoms with van der Waals surface area (Å²) < 4.78 is 0. The normalized spacial score (nSPS) is 21.0. The second kappa shape index (κ2) is 6.24. The van der Waals surface area contributed by atoms with Gasteiger partial charge in [-0.05, 0) is 25.7 Å². The molecule has 0 spiro atoms. The van der Waals surface area contributed by atoms with Crippen LogP contribution >= 0.6 is 0 Å². The second-order valence-electron chi connectivity index (χ2n) is 5.71. The Kier molecular flexibility index (Phi) is 5.25. The zero-order valence-corrected chi connectivity index (χ0v) is 11.4. The highest BCUT2D eigenvalue weighted by Gasteiger charge is 2.29. The average Bonchev–Trinajstić information content (AvgIpc) is 2.29. The first-order valence-corrected chi connectivity index (χ1v) is 6.76. The second-order valence-corrected chi connectivity index (χ2v) is 5.71. The summed E-state index contributed by atoms with van der Waals surface area (Å²) in [6.07, 6.45) is 5.96. The molecule has 4 nitrogen and oxygen atoms in total. The van der Waals surface area contributed by atoms with E-state index >= 15 is 0 Å². The summed E-state index contributed by atoms with van der Waals surface area (Å²) >= 11 is 0. The monoisotopic (exact) mass is 241 g/mol. The Balaban J connectivity index is 2.42. The number of nitrogens with two attached hydrogens (primary N) is 1. The highest BCUT2D eigenvalue weighted by molar-refractivity contribution is 5.75. The maximum Gasteiger partial charge on any atom is 0.315 e. The van der Waals surface area contributed by atoms with Gasteiger partial charge < -0.3 is 16.4 Å². The van der Waals surface area contributed by atoms with Crippen molar-refractivity contribution in [3.63, 3.8) is 0 Å². The van der Waals surface area contributed by atoms with Gasteiger partial charge in [0.05, 0.1) is 5.54 Å². The molecule has 4 N–H and O–H groups in total. The van der Waals surface area contributed by atoms with E-state index in [2.05, 4.69) is 24.5 Å². The smallest absolute Gasteiger partial charge is 0.315 e. The molecule has 0 aromatic rings. The van der Waals surface area contributed by atoms with E-state index in [0.717, 1.165) is 12.8 Å². The number of hydrogen-bond acceptors (Lipinski definition) is 2. The summed E-state index contributed by atoms with van der Waals surface area (Å²) in [7, 11) is 0. The van der Waals surface area contributed by atoms with Gasteiger partial charge in [0.15, 0.2) is 0 Å². The van der Waals surface area contributed by atoms with Gasteiger partial charge in [0, 0.05) is 12.6 Å². The Morgan fingerprint density at radius 3 is 2.41 bits per heavy atom. The lowest BCUT2D eigenvalue weighted by atomic mass is 9.88. The maximum atomic E-state index is 11.9. The van der Waals surface area contributed by atoms with Crippen LogP contribution in [-0.2, 0) is 0 Å². The van der Waals surface area contributed by atoms with Crippen LogP contribution < -0.4 is 16.4 Å². The fourth-order valence-electron chi connectivity index (χ4n) is 2.16. The highest BCUT2D eigenvalue weighted by atomic mass is 16.2. The maximum absolute atomic E-state index is 11.9. The predicted octanol–water partition coefficient (Wildman–Crippen LogP) is 1.99. The van der Waals surface area contributed by atoms with Crippen molar-refractivity contribution in [1.82, 2.24) is 10.6 Å². The third kappa shape index (κ3) is 4.19. The molecule has 1 aliphatic rings. The standard InChI is InChI=1S/C13H27N3O/c1-10(2)13(3,9-14)16-12(17)15-11-7-5-4-6-8-11/h10-11H,4-9,14H2,1-3H3,(H2,15,16,17). The van der Waals surface area contributed by atoms with Crippen LogP contribution in [0.4, 0.5) is 4.79 Å². The number of carbonyl (C=O) groups is 1. The van der Waals surface area contributed by atoms with Gasteiger partial charge in [-0.1, -0.05) is 33.1 Å². The first-order valence-electron chi connectivity index (χ1n) is 6.76. The molecular weight excluding hydrogens is 214 g/mol. The molecule has 1 saturated carbocycles. The van der Waals surface area contributed by atoms with Crippen molar-refractivity contribution in [1.29, 1.82) is 0 Å². The minimum absolute atomic E-state index is 0.0708. The summed E-state index contributed by atoms with van der Waals surface area (Å²) in [6, 6.07) is 0.275. The number of carbonyl (C=O) groups excluding carboxylic acids is 1. The number of hydrogen-bond donors (Lipinski definition) is 3. The molecule has 1 rings (SSSR count). The minimum atomic E-state index is -0.321. The first kappa shape index (κ1) is 14.3. The third-order valence-electron chi connectivity index (χ3n) is 4.04. The van der Waals surface area contributed by atoms with Crippen molar-refractivity contribution in [2.75, 3.05) is 6.54 Å². The van der Waals surface area contributed by atoms with Crippen LogP contribution in [0.15, 0.2) is 0 Å². The Morgan fingerprint density at radius 2 is 1.94 bits per heavy atom. The van der Waals surface area contributed by atoms with Crippen LogP contribution in [0.2, 0.25) is 0 Å². The molecule has 1 unspecified atom stereocenters. The molecule has 17 heavy (non-hydrogen) atoms. The van der Waals surface area contributed by atoms with E-state index in [-0.39, 0.29) is 11.6 Å². The average molecular weight is 241 g/mol. The van der Waals surface area contributed by atoms with Gasteiger partial charge in [0.25, 0.3) is 0 Å². The molecule has 2 amide bonds. The molecule has 0 radical (unpaired) electrons. The van der Waals surface area contributed by atoms with Crippen molar-refractivity contribution in [2.45, 2.75) is 64.5 Å². The molecule has 100 valence electrons. The molecule has 1 atom stereocenters. The third-order valence-corrected chi connectivity index (χ3v) is 4.04. The fraction of sp³-hybridized carbons (Fsp3) is 0.923. The highest BCUT2D eigenvalue weighted by Crippen LogP contribution is 2.18. The summed E-state index contributed by atoms with van der Waals surface area (Å²) in [5.74, 6) is 0.324. The molecule has 4 heteroatoms. The van der Waals surface area contributed by atoms with Crippen LogP contribution in [0.1, 0.15) is 52.9 Å². The largest absolute Gasteiger partial charge is 0.335 e. The summed E-state index contributed by atoms with van der Waals surface area (Å²) in [6.45, 7) is 6.61. The van der Waals surface area contributed by atoms with Crippen molar-refractivity contribution in [2.24, 2.45) is 11.7 Å². The zero-order chi connectivity index (χ0) is 12.9. The quantitative estimate of drug-likeness (QED) is 0.704. The Morgan fingerprint density at radius 1 is 1.35 bits per heavy atom. The lowest BCUT2D eigenvalue weighted by Crippen LogP contribution is -2.58. The van der Waals surface area contributed by atoms with Gasteiger partial charge in [0.2, 0.25) is 0 Å². The molecule has 0 aromatic heterocycles. The Labute approximate surface area is 105 Å². The van der Waals surface area contributed by atoms with Crippen molar-refractivity contribution < 1.29 is 4.79 Å². The number of nitrogens with one attached hydrogen (secondary N) is 2. The van der Waals surface area contributed by atoms with E-state index in [1.807, 2.05) is 6.92 Å². The van der Waals surface area contributed by atoms with Crippen molar-refractivity contribution in [3.05, 3.63) is 0 Å². The van der Waals surface area contributed by atoms with Crippen LogP contribution in [0.5, 0.6) is 0 Å². The number of amides is 2. The van der Waals surface area contributed by atoms with E-state index in [1.54, 1.807) is 0 Å². The van der Waals surface area contributed by atoms with Gasteiger partial charge in [0.1, 0.15) is 0 Å². The predicted molar refractivity (Wildman–Crippen MR) is 70.8 cm³/mol. The molecule has 0 aliphatic heterocycles. The van der Waals surface area contributed by atoms with Gasteiger partial charge >= 0.3 is 6.03 Å². The van der Waals surface area contributed by atoms with E-state index < -0.39 is 0 Å². The zero-order valence-electron chi connectivity index (χ0n) is 11.4. The fourth-order valence-corrected chi connectivity index (χ4v) is 2.16. The molecular formula is C13H27N3O. The number of urea groups is 1. The molecule has 1 fully saturated rings. The topological polar surface area (TPSA) is 67.1 Å². The molecule has 0 saturated heterocycles. The van der Waals surface area contributed by atoms with E-state index in [1.165, 1.54) is 19.3 Å². The van der Waals surface area contributed by atoms with Crippen molar-refractivity contribution in [3.8, 4) is 0 Å². The van der Waals surface area contributed by atoms with E-state index in [9.17, 15) is 4.79 Å². The lowest BCUT2D eigenvalue weighted by molar-refractivity contribution is 0.207. The molecule has 1 aliphatic carbocycles. The molecule has 0 aromatic carbocycles. The minimum Gasteiger partial charge on any atom is -0.335 e. The van der Waals surface area contributed by atoms with Crippen LogP contribution in [-0.4, -0.2) is 24.2 Å². The van der Waals surface area contributed by atoms with Crippen LogP contribution in [0.25, 0.3) is 0 Å². The Bertz CT molecular complexity index is 249.